The minimum Gasteiger partial charge on any atom is -0.508 e. The van der Waals surface area contributed by atoms with E-state index in [1.807, 2.05) is 0 Å². The number of carbonyl (C=O) groups is 5. The van der Waals surface area contributed by atoms with E-state index in [4.69, 9.17) is 16.6 Å². The lowest BCUT2D eigenvalue weighted by atomic mass is 10.0. The van der Waals surface area contributed by atoms with E-state index in [1.165, 1.54) is 17.0 Å². The average Bonchev–Trinajstić information content (AvgIpc) is 3.22. The number of carbonyl (C=O) groups excluding carboxylic acids is 4. The summed E-state index contributed by atoms with van der Waals surface area (Å²) in [4.78, 5) is 61.3. The molecule has 4 amide bonds. The fourth-order valence-electron chi connectivity index (χ4n) is 3.44. The third-order valence-corrected chi connectivity index (χ3v) is 5.00. The Labute approximate surface area is 183 Å². The molecule has 1 aromatic rings. The predicted molar refractivity (Wildman–Crippen MR) is 111 cm³/mol. The lowest BCUT2D eigenvalue weighted by molar-refractivity contribution is -0.143. The van der Waals surface area contributed by atoms with E-state index >= 15 is 0 Å². The Hall–Kier alpha value is -3.67. The summed E-state index contributed by atoms with van der Waals surface area (Å²) >= 11 is 0. The summed E-state index contributed by atoms with van der Waals surface area (Å²) in [7, 11) is 0. The Kier molecular flexibility index (Phi) is 8.53. The zero-order chi connectivity index (χ0) is 23.8. The van der Waals surface area contributed by atoms with Crippen molar-refractivity contribution in [2.75, 3.05) is 13.1 Å². The normalized spacial score (nSPS) is 17.3. The highest BCUT2D eigenvalue weighted by molar-refractivity contribution is 5.96. The topological polar surface area (TPSA) is 205 Å². The van der Waals surface area contributed by atoms with Crippen molar-refractivity contribution in [2.24, 2.45) is 11.5 Å². The molecule has 174 valence electrons. The van der Waals surface area contributed by atoms with Gasteiger partial charge in [-0.3, -0.25) is 24.0 Å². The van der Waals surface area contributed by atoms with E-state index in [1.54, 1.807) is 12.1 Å². The lowest BCUT2D eigenvalue weighted by Crippen LogP contribution is -2.56. The fourth-order valence-corrected chi connectivity index (χ4v) is 3.44. The first-order valence-corrected chi connectivity index (χ1v) is 10.0. The van der Waals surface area contributed by atoms with Gasteiger partial charge in [0.1, 0.15) is 24.4 Å². The lowest BCUT2D eigenvalue weighted by Gasteiger charge is -2.28. The summed E-state index contributed by atoms with van der Waals surface area (Å²) < 4.78 is 0. The van der Waals surface area contributed by atoms with Crippen molar-refractivity contribution < 1.29 is 34.2 Å². The maximum atomic E-state index is 13.0. The van der Waals surface area contributed by atoms with E-state index in [0.29, 0.717) is 18.4 Å². The van der Waals surface area contributed by atoms with Gasteiger partial charge in [0.05, 0.1) is 12.5 Å². The second-order valence-electron chi connectivity index (χ2n) is 7.51. The average molecular weight is 449 g/mol. The zero-order valence-corrected chi connectivity index (χ0v) is 17.3. The fraction of sp³-hybridized carbons (Fsp3) is 0.450. The number of phenolic OH excluding ortho intramolecular Hbond substituents is 1. The molecule has 0 radical (unpaired) electrons. The predicted octanol–water partition coefficient (Wildman–Crippen LogP) is -2.19. The Morgan fingerprint density at radius 1 is 1.16 bits per heavy atom. The number of amides is 4. The summed E-state index contributed by atoms with van der Waals surface area (Å²) in [5.41, 5.74) is 11.8. The van der Waals surface area contributed by atoms with Crippen molar-refractivity contribution in [1.29, 1.82) is 0 Å². The van der Waals surface area contributed by atoms with Gasteiger partial charge in [-0.15, -0.1) is 0 Å². The molecule has 0 bridgehead atoms. The molecule has 3 atom stereocenters. The maximum absolute atomic E-state index is 13.0. The van der Waals surface area contributed by atoms with Crippen LogP contribution < -0.4 is 22.1 Å². The van der Waals surface area contributed by atoms with Gasteiger partial charge >= 0.3 is 5.97 Å². The molecule has 1 aliphatic rings. The first-order chi connectivity index (χ1) is 15.1. The third kappa shape index (κ3) is 6.94. The minimum absolute atomic E-state index is 0.0615. The quantitative estimate of drug-likeness (QED) is 0.231. The largest absolute Gasteiger partial charge is 0.508 e. The molecule has 1 fully saturated rings. The highest BCUT2D eigenvalue weighted by Gasteiger charge is 2.38. The van der Waals surface area contributed by atoms with Crippen molar-refractivity contribution >= 4 is 29.6 Å². The van der Waals surface area contributed by atoms with Crippen molar-refractivity contribution in [3.8, 4) is 5.75 Å². The van der Waals surface area contributed by atoms with Crippen LogP contribution in [-0.2, 0) is 30.4 Å². The number of aromatic hydroxyl groups is 1. The summed E-state index contributed by atoms with van der Waals surface area (Å²) in [6.07, 6.45) is 0.438. The van der Waals surface area contributed by atoms with Crippen LogP contribution in [-0.4, -0.2) is 75.9 Å². The Balaban J connectivity index is 2.07. The van der Waals surface area contributed by atoms with Gasteiger partial charge in [-0.25, -0.2) is 0 Å². The number of phenols is 1. The van der Waals surface area contributed by atoms with Gasteiger partial charge in [0, 0.05) is 6.54 Å². The summed E-state index contributed by atoms with van der Waals surface area (Å²) in [5.74, 6) is -4.00. The molecule has 0 saturated carbocycles. The number of nitrogens with one attached hydrogen (secondary N) is 2. The molecule has 0 unspecified atom stereocenters. The smallest absolute Gasteiger partial charge is 0.322 e. The van der Waals surface area contributed by atoms with Crippen LogP contribution in [0.15, 0.2) is 24.3 Å². The van der Waals surface area contributed by atoms with E-state index < -0.39 is 60.7 Å². The van der Waals surface area contributed by atoms with Crippen molar-refractivity contribution in [1.82, 2.24) is 15.5 Å². The van der Waals surface area contributed by atoms with Crippen LogP contribution in [0.25, 0.3) is 0 Å². The number of aliphatic carboxylic acids is 1. The molecular formula is C20H27N5O7. The number of nitrogens with two attached hydrogens (primary N) is 2. The second-order valence-corrected chi connectivity index (χ2v) is 7.51. The second kappa shape index (κ2) is 11.1. The standard InChI is InChI=1S/C20H27N5O7/c21-13(8-11-3-5-12(26)6-4-11)18(30)24-14(9-16(22)27)20(32)25-7-1-2-15(25)19(31)23-10-17(28)29/h3-6,13-15,26H,1-2,7-10,21H2,(H2,22,27)(H,23,31)(H,24,30)(H,28,29)/t13-,14-,15-/m0/s1. The number of benzene rings is 1. The van der Waals surface area contributed by atoms with Crippen LogP contribution >= 0.6 is 0 Å². The number of carboxylic acids is 1. The molecule has 12 nitrogen and oxygen atoms in total. The monoisotopic (exact) mass is 449 g/mol. The number of rotatable bonds is 10. The Morgan fingerprint density at radius 3 is 2.41 bits per heavy atom. The number of carboxylic acid groups (broad SMARTS) is 1. The van der Waals surface area contributed by atoms with E-state index in [9.17, 15) is 29.1 Å². The van der Waals surface area contributed by atoms with Crippen LogP contribution in [0.5, 0.6) is 5.75 Å². The summed E-state index contributed by atoms with van der Waals surface area (Å²) in [6, 6.07) is 2.80. The molecule has 0 aromatic heterocycles. The molecule has 32 heavy (non-hydrogen) atoms. The van der Waals surface area contributed by atoms with Gasteiger partial charge in [-0.05, 0) is 37.0 Å². The van der Waals surface area contributed by atoms with E-state index in [2.05, 4.69) is 10.6 Å². The van der Waals surface area contributed by atoms with Crippen LogP contribution in [0.2, 0.25) is 0 Å². The zero-order valence-electron chi connectivity index (χ0n) is 17.3. The van der Waals surface area contributed by atoms with Gasteiger partial charge in [-0.1, -0.05) is 12.1 Å². The molecule has 2 rings (SSSR count). The van der Waals surface area contributed by atoms with Crippen LogP contribution in [0.4, 0.5) is 0 Å². The van der Waals surface area contributed by atoms with Gasteiger partial charge in [0.2, 0.25) is 23.6 Å². The molecule has 1 aromatic carbocycles. The molecular weight excluding hydrogens is 422 g/mol. The first-order valence-electron chi connectivity index (χ1n) is 10.0. The number of likely N-dealkylation sites (tertiary alicyclic amines) is 1. The van der Waals surface area contributed by atoms with Gasteiger partial charge in [0.25, 0.3) is 0 Å². The summed E-state index contributed by atoms with van der Waals surface area (Å²) in [6.45, 7) is -0.389. The molecule has 1 heterocycles. The maximum Gasteiger partial charge on any atom is 0.322 e. The molecule has 1 saturated heterocycles. The number of nitrogens with zero attached hydrogens (tertiary/aromatic N) is 1. The molecule has 0 spiro atoms. The minimum atomic E-state index is -1.32. The van der Waals surface area contributed by atoms with E-state index in [0.717, 1.165) is 0 Å². The van der Waals surface area contributed by atoms with Gasteiger partial charge < -0.3 is 37.2 Å². The molecule has 8 N–H and O–H groups in total. The number of hydrogen-bond acceptors (Lipinski definition) is 7. The molecule has 12 heteroatoms. The van der Waals surface area contributed by atoms with Crippen LogP contribution in [0.1, 0.15) is 24.8 Å². The highest BCUT2D eigenvalue weighted by Crippen LogP contribution is 2.19. The summed E-state index contributed by atoms with van der Waals surface area (Å²) in [5, 5.41) is 22.7. The van der Waals surface area contributed by atoms with Crippen molar-refractivity contribution in [2.45, 2.75) is 43.8 Å². The Bertz CT molecular complexity index is 874. The van der Waals surface area contributed by atoms with Crippen LogP contribution in [0, 0.1) is 0 Å². The van der Waals surface area contributed by atoms with Crippen molar-refractivity contribution in [3.63, 3.8) is 0 Å². The third-order valence-electron chi connectivity index (χ3n) is 5.00. The van der Waals surface area contributed by atoms with E-state index in [-0.39, 0.29) is 18.7 Å². The number of hydrogen-bond donors (Lipinski definition) is 6. The van der Waals surface area contributed by atoms with Crippen LogP contribution in [0.3, 0.4) is 0 Å². The SMILES string of the molecule is NC(=O)C[C@H](NC(=O)[C@@H](N)Cc1ccc(O)cc1)C(=O)N1CCC[C@H]1C(=O)NCC(=O)O. The number of primary amides is 1. The van der Waals surface area contributed by atoms with Gasteiger partial charge in [-0.2, -0.15) is 0 Å². The van der Waals surface area contributed by atoms with Crippen molar-refractivity contribution in [3.05, 3.63) is 29.8 Å². The Morgan fingerprint density at radius 2 is 1.81 bits per heavy atom. The van der Waals surface area contributed by atoms with Gasteiger partial charge in [0.15, 0.2) is 0 Å². The first kappa shape index (κ1) is 24.6. The molecule has 0 aliphatic carbocycles. The highest BCUT2D eigenvalue weighted by atomic mass is 16.4. The molecule has 1 aliphatic heterocycles.